The minimum absolute atomic E-state index is 0.0236. The first-order chi connectivity index (χ1) is 9.06. The van der Waals surface area contributed by atoms with E-state index in [0.717, 1.165) is 22.3 Å². The van der Waals surface area contributed by atoms with Crippen molar-refractivity contribution < 1.29 is 9.90 Å². The van der Waals surface area contributed by atoms with Gasteiger partial charge in [-0.15, -0.1) is 0 Å². The van der Waals surface area contributed by atoms with Gasteiger partial charge in [0, 0.05) is 5.56 Å². The van der Waals surface area contributed by atoms with E-state index in [9.17, 15) is 9.90 Å². The smallest absolute Gasteiger partial charge is 0.186 e. The highest BCUT2D eigenvalue weighted by Crippen LogP contribution is 2.15. The molecule has 0 saturated heterocycles. The summed E-state index contributed by atoms with van der Waals surface area (Å²) in [6.07, 6.45) is 3.25. The first-order valence-electron chi connectivity index (χ1n) is 6.15. The summed E-state index contributed by atoms with van der Waals surface area (Å²) in [4.78, 5) is 12.1. The molecule has 0 aliphatic rings. The van der Waals surface area contributed by atoms with Crippen LogP contribution in [-0.2, 0) is 0 Å². The van der Waals surface area contributed by atoms with Crippen LogP contribution in [-0.4, -0.2) is 10.9 Å². The van der Waals surface area contributed by atoms with Crippen molar-refractivity contribution in [2.45, 2.75) is 13.8 Å². The van der Waals surface area contributed by atoms with E-state index < -0.39 is 0 Å². The predicted molar refractivity (Wildman–Crippen MR) is 77.4 cm³/mol. The molecule has 1 N–H and O–H groups in total. The van der Waals surface area contributed by atoms with Gasteiger partial charge in [0.15, 0.2) is 5.78 Å². The molecular weight excluding hydrogens is 236 g/mol. The molecule has 96 valence electrons. The molecule has 0 atom stereocenters. The lowest BCUT2D eigenvalue weighted by atomic mass is 10.0. The van der Waals surface area contributed by atoms with Crippen LogP contribution < -0.4 is 0 Å². The van der Waals surface area contributed by atoms with Gasteiger partial charge in [-0.25, -0.2) is 0 Å². The van der Waals surface area contributed by atoms with Crippen LogP contribution in [0.1, 0.15) is 27.0 Å². The van der Waals surface area contributed by atoms with E-state index in [1.807, 2.05) is 38.1 Å². The van der Waals surface area contributed by atoms with Gasteiger partial charge in [0.2, 0.25) is 0 Å². The van der Waals surface area contributed by atoms with Crippen LogP contribution >= 0.6 is 0 Å². The molecule has 0 saturated carbocycles. The van der Waals surface area contributed by atoms with E-state index in [4.69, 9.17) is 0 Å². The number of carbonyl (C=O) groups excluding carboxylic acids is 1. The summed E-state index contributed by atoms with van der Waals surface area (Å²) in [5.74, 6) is 0.172. The standard InChI is InChI=1S/C17H16O2/c1-12-6-7-13(2)16(10-12)17(19)9-8-14-4-3-5-15(18)11-14/h3-11,18H,1-2H3/b9-8+. The molecule has 0 spiro atoms. The Morgan fingerprint density at radius 3 is 2.63 bits per heavy atom. The molecule has 0 radical (unpaired) electrons. The van der Waals surface area contributed by atoms with Crippen LogP contribution in [0.5, 0.6) is 5.75 Å². The fraction of sp³-hybridized carbons (Fsp3) is 0.118. The van der Waals surface area contributed by atoms with Gasteiger partial charge in [0.1, 0.15) is 5.75 Å². The topological polar surface area (TPSA) is 37.3 Å². The number of phenolic OH excluding ortho intramolecular Hbond substituents is 1. The highest BCUT2D eigenvalue weighted by atomic mass is 16.3. The van der Waals surface area contributed by atoms with E-state index in [-0.39, 0.29) is 11.5 Å². The lowest BCUT2D eigenvalue weighted by Crippen LogP contribution is -1.98. The van der Waals surface area contributed by atoms with E-state index in [0.29, 0.717) is 0 Å². The molecule has 2 heteroatoms. The second-order valence-corrected chi connectivity index (χ2v) is 4.61. The summed E-state index contributed by atoms with van der Waals surface area (Å²) in [6.45, 7) is 3.89. The monoisotopic (exact) mass is 252 g/mol. The third kappa shape index (κ3) is 3.32. The largest absolute Gasteiger partial charge is 0.508 e. The first kappa shape index (κ1) is 13.1. The molecule has 0 aliphatic carbocycles. The Morgan fingerprint density at radius 2 is 1.89 bits per heavy atom. The van der Waals surface area contributed by atoms with Crippen LogP contribution in [0.2, 0.25) is 0 Å². The van der Waals surface area contributed by atoms with Gasteiger partial charge in [-0.3, -0.25) is 4.79 Å². The van der Waals surface area contributed by atoms with Gasteiger partial charge < -0.3 is 5.11 Å². The number of ketones is 1. The molecule has 0 aliphatic heterocycles. The number of benzene rings is 2. The fourth-order valence-electron chi connectivity index (χ4n) is 1.89. The Balaban J connectivity index is 2.23. The molecule has 2 aromatic carbocycles. The molecular formula is C17H16O2. The summed E-state index contributed by atoms with van der Waals surface area (Å²) >= 11 is 0. The lowest BCUT2D eigenvalue weighted by molar-refractivity contribution is 0.104. The van der Waals surface area contributed by atoms with E-state index >= 15 is 0 Å². The average molecular weight is 252 g/mol. The maximum Gasteiger partial charge on any atom is 0.186 e. The van der Waals surface area contributed by atoms with Crippen molar-refractivity contribution >= 4 is 11.9 Å². The van der Waals surface area contributed by atoms with Crippen molar-refractivity contribution in [1.82, 2.24) is 0 Å². The number of hydrogen-bond acceptors (Lipinski definition) is 2. The summed E-state index contributed by atoms with van der Waals surface area (Å²) in [6, 6.07) is 12.6. The Bertz CT molecular complexity index is 639. The third-order valence-electron chi connectivity index (χ3n) is 2.96. The Labute approximate surface area is 113 Å². The van der Waals surface area contributed by atoms with Crippen LogP contribution in [0.4, 0.5) is 0 Å². The van der Waals surface area contributed by atoms with Crippen LogP contribution in [0.3, 0.4) is 0 Å². The molecule has 0 fully saturated rings. The normalized spacial score (nSPS) is 10.8. The van der Waals surface area contributed by atoms with Gasteiger partial charge in [-0.05, 0) is 49.2 Å². The van der Waals surface area contributed by atoms with E-state index in [1.165, 1.54) is 6.08 Å². The summed E-state index contributed by atoms with van der Waals surface area (Å²) < 4.78 is 0. The van der Waals surface area contributed by atoms with E-state index in [1.54, 1.807) is 24.3 Å². The van der Waals surface area contributed by atoms with Gasteiger partial charge >= 0.3 is 0 Å². The second kappa shape index (κ2) is 5.53. The molecule has 0 unspecified atom stereocenters. The number of phenols is 1. The Kier molecular flexibility index (Phi) is 3.81. The number of hydrogen-bond donors (Lipinski definition) is 1. The SMILES string of the molecule is Cc1ccc(C)c(C(=O)/C=C/c2cccc(O)c2)c1. The molecule has 0 bridgehead atoms. The molecule has 2 rings (SSSR count). The number of aryl methyl sites for hydroxylation is 2. The lowest BCUT2D eigenvalue weighted by Gasteiger charge is -2.03. The van der Waals surface area contributed by atoms with E-state index in [2.05, 4.69) is 0 Å². The zero-order chi connectivity index (χ0) is 13.8. The van der Waals surface area contributed by atoms with Crippen LogP contribution in [0.25, 0.3) is 6.08 Å². The van der Waals surface area contributed by atoms with Gasteiger partial charge in [-0.1, -0.05) is 35.9 Å². The predicted octanol–water partition coefficient (Wildman–Crippen LogP) is 3.91. The highest BCUT2D eigenvalue weighted by Gasteiger charge is 2.05. The van der Waals surface area contributed by atoms with Crippen LogP contribution in [0.15, 0.2) is 48.5 Å². The first-order valence-corrected chi connectivity index (χ1v) is 6.15. The zero-order valence-corrected chi connectivity index (χ0v) is 11.1. The molecule has 0 amide bonds. The number of aromatic hydroxyl groups is 1. The minimum Gasteiger partial charge on any atom is -0.508 e. The van der Waals surface area contributed by atoms with Crippen molar-refractivity contribution in [2.75, 3.05) is 0 Å². The molecule has 2 nitrogen and oxygen atoms in total. The zero-order valence-electron chi connectivity index (χ0n) is 11.1. The van der Waals surface area contributed by atoms with Crippen molar-refractivity contribution in [3.05, 3.63) is 70.8 Å². The fourth-order valence-corrected chi connectivity index (χ4v) is 1.89. The van der Waals surface area contributed by atoms with Gasteiger partial charge in [-0.2, -0.15) is 0 Å². The number of carbonyl (C=O) groups is 1. The number of rotatable bonds is 3. The Morgan fingerprint density at radius 1 is 1.11 bits per heavy atom. The summed E-state index contributed by atoms with van der Waals surface area (Å²) in [5.41, 5.74) is 3.56. The highest BCUT2D eigenvalue weighted by molar-refractivity contribution is 6.07. The maximum atomic E-state index is 12.1. The number of allylic oxidation sites excluding steroid dienone is 1. The van der Waals surface area contributed by atoms with Gasteiger partial charge in [0.05, 0.1) is 0 Å². The summed E-state index contributed by atoms with van der Waals surface area (Å²) in [7, 11) is 0. The minimum atomic E-state index is -0.0236. The van der Waals surface area contributed by atoms with Crippen LogP contribution in [0, 0.1) is 13.8 Å². The Hall–Kier alpha value is -2.35. The van der Waals surface area contributed by atoms with Crippen molar-refractivity contribution in [2.24, 2.45) is 0 Å². The average Bonchev–Trinajstić information content (AvgIpc) is 2.39. The molecule has 0 aromatic heterocycles. The second-order valence-electron chi connectivity index (χ2n) is 4.61. The van der Waals surface area contributed by atoms with Crippen molar-refractivity contribution in [3.8, 4) is 5.75 Å². The molecule has 2 aromatic rings. The maximum absolute atomic E-state index is 12.1. The third-order valence-corrected chi connectivity index (χ3v) is 2.96. The summed E-state index contributed by atoms with van der Waals surface area (Å²) in [5, 5.41) is 9.36. The van der Waals surface area contributed by atoms with Gasteiger partial charge in [0.25, 0.3) is 0 Å². The molecule has 19 heavy (non-hydrogen) atoms. The van der Waals surface area contributed by atoms with Crippen molar-refractivity contribution in [3.63, 3.8) is 0 Å². The molecule has 0 heterocycles. The quantitative estimate of drug-likeness (QED) is 0.664. The van der Waals surface area contributed by atoms with Crippen molar-refractivity contribution in [1.29, 1.82) is 0 Å².